The molecule has 0 aromatic heterocycles. The van der Waals surface area contributed by atoms with Crippen molar-refractivity contribution in [2.45, 2.75) is 50.1 Å². The zero-order chi connectivity index (χ0) is 18.2. The highest BCUT2D eigenvalue weighted by Gasteiger charge is 2.68. The van der Waals surface area contributed by atoms with Gasteiger partial charge < -0.3 is 10.2 Å². The first-order valence-corrected chi connectivity index (χ1v) is 8.20. The topological polar surface area (TPSA) is 73.1 Å². The summed E-state index contributed by atoms with van der Waals surface area (Å²) in [4.78, 5) is 12.5. The van der Waals surface area contributed by atoms with Crippen LogP contribution >= 0.6 is 0 Å². The molecule has 1 aliphatic heterocycles. The number of carbonyl (C=O) groups is 1. The number of hydrogen-bond donors (Lipinski definition) is 2. The van der Waals surface area contributed by atoms with E-state index >= 15 is 0 Å². The van der Waals surface area contributed by atoms with Crippen LogP contribution in [0, 0.1) is 5.92 Å². The first-order valence-electron chi connectivity index (χ1n) is 8.20. The summed E-state index contributed by atoms with van der Waals surface area (Å²) < 4.78 is 41.2. The molecule has 5 nitrogen and oxygen atoms in total. The van der Waals surface area contributed by atoms with Crippen LogP contribution < -0.4 is 0 Å². The second-order valence-electron chi connectivity index (χ2n) is 6.43. The van der Waals surface area contributed by atoms with Crippen molar-refractivity contribution in [1.82, 2.24) is 5.01 Å². The van der Waals surface area contributed by atoms with E-state index in [1.54, 1.807) is 18.2 Å². The van der Waals surface area contributed by atoms with E-state index in [0.29, 0.717) is 19.3 Å². The Hall–Kier alpha value is -1.93. The maximum Gasteiger partial charge on any atom is 0.439 e. The Morgan fingerprint density at radius 1 is 1.24 bits per heavy atom. The van der Waals surface area contributed by atoms with Crippen LogP contribution in [-0.2, 0) is 4.79 Å². The van der Waals surface area contributed by atoms with Gasteiger partial charge in [-0.1, -0.05) is 43.2 Å². The first kappa shape index (κ1) is 17.9. The molecule has 1 aromatic carbocycles. The van der Waals surface area contributed by atoms with Crippen LogP contribution in [0.4, 0.5) is 13.2 Å². The summed E-state index contributed by atoms with van der Waals surface area (Å²) in [6.07, 6.45) is -4.59. The molecule has 0 bridgehead atoms. The summed E-state index contributed by atoms with van der Waals surface area (Å²) in [5.74, 6) is -2.58. The SMILES string of the molecule is O=C([C@H](O)c1ccccc1)N1N=C2CCCCC[C@H]2[C@]1(O)C(F)(F)F. The molecule has 2 N–H and O–H groups in total. The van der Waals surface area contributed by atoms with Crippen LogP contribution in [0.2, 0.25) is 0 Å². The summed E-state index contributed by atoms with van der Waals surface area (Å²) in [7, 11) is 0. The number of aliphatic hydroxyl groups is 2. The quantitative estimate of drug-likeness (QED) is 0.856. The molecule has 8 heteroatoms. The van der Waals surface area contributed by atoms with E-state index in [0.717, 1.165) is 6.42 Å². The number of carbonyl (C=O) groups excluding carboxylic acids is 1. The lowest BCUT2D eigenvalue weighted by molar-refractivity contribution is -0.318. The van der Waals surface area contributed by atoms with Crippen LogP contribution in [0.1, 0.15) is 43.8 Å². The van der Waals surface area contributed by atoms with Crippen molar-refractivity contribution >= 4 is 11.6 Å². The molecule has 3 rings (SSSR count). The summed E-state index contributed by atoms with van der Waals surface area (Å²) in [6, 6.07) is 7.62. The third kappa shape index (κ3) is 2.93. The Morgan fingerprint density at radius 2 is 1.92 bits per heavy atom. The fourth-order valence-electron chi connectivity index (χ4n) is 3.51. The van der Waals surface area contributed by atoms with Gasteiger partial charge >= 0.3 is 6.18 Å². The van der Waals surface area contributed by atoms with Crippen molar-refractivity contribution in [3.05, 3.63) is 35.9 Å². The molecule has 0 radical (unpaired) electrons. The Balaban J connectivity index is 1.99. The van der Waals surface area contributed by atoms with Gasteiger partial charge in [-0.3, -0.25) is 4.79 Å². The zero-order valence-electron chi connectivity index (χ0n) is 13.4. The number of rotatable bonds is 2. The van der Waals surface area contributed by atoms with E-state index in [1.165, 1.54) is 12.1 Å². The number of nitrogens with zero attached hydrogens (tertiary/aromatic N) is 2. The second-order valence-corrected chi connectivity index (χ2v) is 6.43. The molecule has 1 fully saturated rings. The lowest BCUT2D eigenvalue weighted by Crippen LogP contribution is -2.61. The Labute approximate surface area is 142 Å². The number of aliphatic hydroxyl groups excluding tert-OH is 1. The van der Waals surface area contributed by atoms with Gasteiger partial charge in [-0.15, -0.1) is 0 Å². The molecular formula is C17H19F3N2O3. The minimum atomic E-state index is -5.08. The maximum absolute atomic E-state index is 13.7. The van der Waals surface area contributed by atoms with Crippen molar-refractivity contribution < 1.29 is 28.2 Å². The fourth-order valence-corrected chi connectivity index (χ4v) is 3.51. The van der Waals surface area contributed by atoms with Crippen molar-refractivity contribution in [3.8, 4) is 0 Å². The number of hydrazone groups is 1. The number of benzene rings is 1. The second kappa shape index (κ2) is 6.42. The summed E-state index contributed by atoms with van der Waals surface area (Å²) in [5.41, 5.74) is -3.10. The van der Waals surface area contributed by atoms with E-state index in [2.05, 4.69) is 5.10 Å². The number of halogens is 3. The minimum absolute atomic E-state index is 0.0516. The molecule has 0 spiro atoms. The van der Waals surface area contributed by atoms with E-state index < -0.39 is 29.8 Å². The van der Waals surface area contributed by atoms with Crippen LogP contribution in [0.15, 0.2) is 35.4 Å². The standard InChI is InChI=1S/C17H19F3N2O3/c18-17(19,20)16(25)12-9-5-2-6-10-13(12)21-22(16)15(24)14(23)11-7-3-1-4-8-11/h1,3-4,7-8,12,14,23,25H,2,5-6,9-10H2/t12-,14-,16+/m1/s1. The molecule has 3 atom stereocenters. The zero-order valence-corrected chi connectivity index (χ0v) is 13.4. The molecule has 0 unspecified atom stereocenters. The molecule has 1 saturated carbocycles. The molecule has 1 amide bonds. The van der Waals surface area contributed by atoms with Gasteiger partial charge in [0.25, 0.3) is 11.6 Å². The minimum Gasteiger partial charge on any atom is -0.378 e. The fraction of sp³-hybridized carbons (Fsp3) is 0.529. The predicted octanol–water partition coefficient (Wildman–Crippen LogP) is 2.75. The smallest absolute Gasteiger partial charge is 0.378 e. The lowest BCUT2D eigenvalue weighted by atomic mass is 9.87. The molecule has 136 valence electrons. The van der Waals surface area contributed by atoms with Gasteiger partial charge in [0.15, 0.2) is 6.10 Å². The van der Waals surface area contributed by atoms with Crippen LogP contribution in [0.5, 0.6) is 0 Å². The van der Waals surface area contributed by atoms with E-state index in [9.17, 15) is 28.2 Å². The molecule has 1 aromatic rings. The van der Waals surface area contributed by atoms with Crippen molar-refractivity contribution in [3.63, 3.8) is 0 Å². The van der Waals surface area contributed by atoms with Crippen LogP contribution in [0.3, 0.4) is 0 Å². The van der Waals surface area contributed by atoms with E-state index in [1.807, 2.05) is 0 Å². The van der Waals surface area contributed by atoms with Gasteiger partial charge in [0, 0.05) is 5.71 Å². The number of alkyl halides is 3. The molecule has 0 saturated heterocycles. The van der Waals surface area contributed by atoms with Gasteiger partial charge in [-0.05, 0) is 24.8 Å². The highest BCUT2D eigenvalue weighted by Crippen LogP contribution is 2.48. The van der Waals surface area contributed by atoms with Gasteiger partial charge in [-0.25, -0.2) is 0 Å². The predicted molar refractivity (Wildman–Crippen MR) is 83.3 cm³/mol. The first-order chi connectivity index (χ1) is 11.8. The monoisotopic (exact) mass is 356 g/mol. The van der Waals surface area contributed by atoms with Gasteiger partial charge in [0.05, 0.1) is 5.92 Å². The number of fused-ring (bicyclic) bond motifs is 1. The van der Waals surface area contributed by atoms with Gasteiger partial charge in [0.2, 0.25) is 0 Å². The van der Waals surface area contributed by atoms with Gasteiger partial charge in [0.1, 0.15) is 0 Å². The van der Waals surface area contributed by atoms with Crippen molar-refractivity contribution in [1.29, 1.82) is 0 Å². The number of hydrogen-bond acceptors (Lipinski definition) is 4. The number of amides is 1. The Morgan fingerprint density at radius 3 is 2.56 bits per heavy atom. The van der Waals surface area contributed by atoms with Crippen LogP contribution in [0.25, 0.3) is 0 Å². The molecule has 2 aliphatic rings. The average Bonchev–Trinajstić information content (AvgIpc) is 2.74. The largest absolute Gasteiger partial charge is 0.439 e. The van der Waals surface area contributed by atoms with E-state index in [4.69, 9.17) is 0 Å². The third-order valence-electron chi connectivity index (χ3n) is 4.84. The molecule has 1 heterocycles. The Bertz CT molecular complexity index is 677. The van der Waals surface area contributed by atoms with Crippen LogP contribution in [-0.4, -0.2) is 38.7 Å². The molecule has 25 heavy (non-hydrogen) atoms. The maximum atomic E-state index is 13.7. The average molecular weight is 356 g/mol. The summed E-state index contributed by atoms with van der Waals surface area (Å²) in [6.45, 7) is 0. The highest BCUT2D eigenvalue weighted by molar-refractivity contribution is 5.94. The highest BCUT2D eigenvalue weighted by atomic mass is 19.4. The third-order valence-corrected chi connectivity index (χ3v) is 4.84. The Kier molecular flexibility index (Phi) is 4.59. The van der Waals surface area contributed by atoms with Crippen molar-refractivity contribution in [2.75, 3.05) is 0 Å². The summed E-state index contributed by atoms with van der Waals surface area (Å²) >= 11 is 0. The van der Waals surface area contributed by atoms with Gasteiger partial charge in [-0.2, -0.15) is 23.3 Å². The summed E-state index contributed by atoms with van der Waals surface area (Å²) in [5, 5.41) is 24.6. The normalized spacial score (nSPS) is 28.1. The van der Waals surface area contributed by atoms with Crippen molar-refractivity contribution in [2.24, 2.45) is 11.0 Å². The lowest BCUT2D eigenvalue weighted by Gasteiger charge is -2.37. The van der Waals surface area contributed by atoms with E-state index in [-0.39, 0.29) is 22.7 Å². The molecular weight excluding hydrogens is 337 g/mol. The molecule has 1 aliphatic carbocycles.